The summed E-state index contributed by atoms with van der Waals surface area (Å²) in [6.45, 7) is 2.84. The molecule has 2 aromatic carbocycles. The summed E-state index contributed by atoms with van der Waals surface area (Å²) >= 11 is 3.44. The van der Waals surface area contributed by atoms with Crippen molar-refractivity contribution in [2.45, 2.75) is 19.4 Å². The minimum atomic E-state index is 0.0720. The third-order valence-electron chi connectivity index (χ3n) is 3.78. The SMILES string of the molecule is CC(Cn1ccc2cc(Br)ccc2c1=O)c1ccccc1. The monoisotopic (exact) mass is 341 g/mol. The number of benzene rings is 2. The Labute approximate surface area is 132 Å². The molecule has 0 bridgehead atoms. The summed E-state index contributed by atoms with van der Waals surface area (Å²) in [5.41, 5.74) is 1.32. The van der Waals surface area contributed by atoms with Gasteiger partial charge >= 0.3 is 0 Å². The Morgan fingerprint density at radius 1 is 1.10 bits per heavy atom. The van der Waals surface area contributed by atoms with Crippen LogP contribution in [0, 0.1) is 0 Å². The molecule has 0 fully saturated rings. The van der Waals surface area contributed by atoms with E-state index in [1.165, 1.54) is 5.56 Å². The molecular formula is C18H16BrNO. The van der Waals surface area contributed by atoms with Gasteiger partial charge in [0.1, 0.15) is 0 Å². The molecule has 1 heterocycles. The molecule has 21 heavy (non-hydrogen) atoms. The number of halogens is 1. The van der Waals surface area contributed by atoms with Crippen molar-refractivity contribution in [3.63, 3.8) is 0 Å². The fourth-order valence-electron chi connectivity index (χ4n) is 2.58. The number of nitrogens with zero attached hydrogens (tertiary/aromatic N) is 1. The molecule has 0 aliphatic rings. The molecule has 0 saturated carbocycles. The van der Waals surface area contributed by atoms with E-state index in [1.807, 2.05) is 48.7 Å². The van der Waals surface area contributed by atoms with Gasteiger partial charge in [0.05, 0.1) is 0 Å². The first-order valence-electron chi connectivity index (χ1n) is 6.99. The van der Waals surface area contributed by atoms with Gasteiger partial charge in [-0.3, -0.25) is 4.79 Å². The smallest absolute Gasteiger partial charge is 0.258 e. The largest absolute Gasteiger partial charge is 0.314 e. The van der Waals surface area contributed by atoms with Gasteiger partial charge in [-0.2, -0.15) is 0 Å². The number of aromatic nitrogens is 1. The predicted molar refractivity (Wildman–Crippen MR) is 90.8 cm³/mol. The van der Waals surface area contributed by atoms with Crippen molar-refractivity contribution in [3.05, 3.63) is 81.2 Å². The van der Waals surface area contributed by atoms with E-state index in [0.29, 0.717) is 12.5 Å². The van der Waals surface area contributed by atoms with E-state index in [4.69, 9.17) is 0 Å². The molecule has 0 amide bonds. The van der Waals surface area contributed by atoms with Crippen LogP contribution in [0.15, 0.2) is 70.1 Å². The van der Waals surface area contributed by atoms with Crippen LogP contribution in [0.2, 0.25) is 0 Å². The molecule has 0 radical (unpaired) electrons. The quantitative estimate of drug-likeness (QED) is 0.684. The summed E-state index contributed by atoms with van der Waals surface area (Å²) in [6.07, 6.45) is 1.89. The lowest BCUT2D eigenvalue weighted by Crippen LogP contribution is -2.22. The van der Waals surface area contributed by atoms with Gasteiger partial charge in [-0.05, 0) is 41.1 Å². The molecule has 0 aliphatic carbocycles. The van der Waals surface area contributed by atoms with Gasteiger partial charge in [0, 0.05) is 22.6 Å². The van der Waals surface area contributed by atoms with E-state index in [0.717, 1.165) is 15.2 Å². The van der Waals surface area contributed by atoms with E-state index in [-0.39, 0.29) is 5.56 Å². The van der Waals surface area contributed by atoms with Crippen molar-refractivity contribution >= 4 is 26.7 Å². The van der Waals surface area contributed by atoms with Crippen LogP contribution in [0.25, 0.3) is 10.8 Å². The summed E-state index contributed by atoms with van der Waals surface area (Å²) in [5.74, 6) is 0.303. The van der Waals surface area contributed by atoms with Crippen LogP contribution in [0.1, 0.15) is 18.4 Å². The summed E-state index contributed by atoms with van der Waals surface area (Å²) < 4.78 is 2.79. The van der Waals surface area contributed by atoms with E-state index in [9.17, 15) is 4.79 Å². The Morgan fingerprint density at radius 2 is 1.86 bits per heavy atom. The molecule has 2 nitrogen and oxygen atoms in total. The Kier molecular flexibility index (Phi) is 3.93. The number of fused-ring (bicyclic) bond motifs is 1. The molecule has 0 saturated heterocycles. The topological polar surface area (TPSA) is 22.0 Å². The maximum Gasteiger partial charge on any atom is 0.258 e. The van der Waals surface area contributed by atoms with Crippen molar-refractivity contribution in [2.75, 3.05) is 0 Å². The lowest BCUT2D eigenvalue weighted by Gasteiger charge is -2.14. The average Bonchev–Trinajstić information content (AvgIpc) is 2.51. The first-order chi connectivity index (χ1) is 10.1. The van der Waals surface area contributed by atoms with Crippen molar-refractivity contribution in [1.82, 2.24) is 4.57 Å². The van der Waals surface area contributed by atoms with Gasteiger partial charge in [-0.15, -0.1) is 0 Å². The lowest BCUT2D eigenvalue weighted by molar-refractivity contribution is 0.584. The molecular weight excluding hydrogens is 326 g/mol. The molecule has 1 aromatic heterocycles. The summed E-state index contributed by atoms with van der Waals surface area (Å²) in [6, 6.07) is 18.1. The molecule has 3 rings (SSSR count). The number of hydrogen-bond acceptors (Lipinski definition) is 1. The summed E-state index contributed by atoms with van der Waals surface area (Å²) in [7, 11) is 0. The molecule has 3 heteroatoms. The molecule has 1 atom stereocenters. The minimum absolute atomic E-state index is 0.0720. The van der Waals surface area contributed by atoms with Crippen LogP contribution in [0.5, 0.6) is 0 Å². The van der Waals surface area contributed by atoms with E-state index in [1.54, 1.807) is 4.57 Å². The van der Waals surface area contributed by atoms with Crippen molar-refractivity contribution < 1.29 is 0 Å². The number of pyridine rings is 1. The van der Waals surface area contributed by atoms with Crippen molar-refractivity contribution in [1.29, 1.82) is 0 Å². The highest BCUT2D eigenvalue weighted by Gasteiger charge is 2.09. The zero-order valence-electron chi connectivity index (χ0n) is 11.8. The minimum Gasteiger partial charge on any atom is -0.314 e. The zero-order valence-corrected chi connectivity index (χ0v) is 13.4. The number of rotatable bonds is 3. The van der Waals surface area contributed by atoms with Crippen molar-refractivity contribution in [2.24, 2.45) is 0 Å². The Hall–Kier alpha value is -1.87. The van der Waals surface area contributed by atoms with Gasteiger partial charge in [-0.1, -0.05) is 53.2 Å². The zero-order chi connectivity index (χ0) is 14.8. The van der Waals surface area contributed by atoms with Gasteiger partial charge in [0.2, 0.25) is 0 Å². The molecule has 3 aromatic rings. The van der Waals surface area contributed by atoms with Crippen LogP contribution in [-0.2, 0) is 6.54 Å². The normalized spacial score (nSPS) is 12.5. The fourth-order valence-corrected chi connectivity index (χ4v) is 2.96. The van der Waals surface area contributed by atoms with Gasteiger partial charge in [0.25, 0.3) is 5.56 Å². The molecule has 0 spiro atoms. The third kappa shape index (κ3) is 2.93. The van der Waals surface area contributed by atoms with Crippen molar-refractivity contribution in [3.8, 4) is 0 Å². The Balaban J connectivity index is 1.96. The van der Waals surface area contributed by atoms with E-state index in [2.05, 4.69) is 35.0 Å². The Morgan fingerprint density at radius 3 is 2.62 bits per heavy atom. The highest BCUT2D eigenvalue weighted by atomic mass is 79.9. The maximum absolute atomic E-state index is 12.6. The second kappa shape index (κ2) is 5.86. The first-order valence-corrected chi connectivity index (χ1v) is 7.78. The van der Waals surface area contributed by atoms with E-state index >= 15 is 0 Å². The third-order valence-corrected chi connectivity index (χ3v) is 4.27. The average molecular weight is 342 g/mol. The van der Waals surface area contributed by atoms with Crippen LogP contribution in [-0.4, -0.2) is 4.57 Å². The summed E-state index contributed by atoms with van der Waals surface area (Å²) in [5, 5.41) is 1.74. The van der Waals surface area contributed by atoms with E-state index < -0.39 is 0 Å². The number of hydrogen-bond donors (Lipinski definition) is 0. The van der Waals surface area contributed by atoms with Crippen LogP contribution in [0.3, 0.4) is 0 Å². The highest BCUT2D eigenvalue weighted by Crippen LogP contribution is 2.19. The summed E-state index contributed by atoms with van der Waals surface area (Å²) in [4.78, 5) is 12.6. The predicted octanol–water partition coefficient (Wildman–Crippen LogP) is 4.57. The van der Waals surface area contributed by atoms with Crippen LogP contribution < -0.4 is 5.56 Å². The first kappa shape index (κ1) is 14.1. The molecule has 0 N–H and O–H groups in total. The molecule has 106 valence electrons. The molecule has 1 unspecified atom stereocenters. The molecule has 0 aliphatic heterocycles. The standard InChI is InChI=1S/C18H16BrNO/c1-13(14-5-3-2-4-6-14)12-20-10-9-15-11-16(19)7-8-17(15)18(20)21/h2-11,13H,12H2,1H3. The van der Waals surface area contributed by atoms with Crippen LogP contribution in [0.4, 0.5) is 0 Å². The Bertz CT molecular complexity index is 823. The van der Waals surface area contributed by atoms with Gasteiger partial charge in [0.15, 0.2) is 0 Å². The van der Waals surface area contributed by atoms with Crippen LogP contribution >= 0.6 is 15.9 Å². The highest BCUT2D eigenvalue weighted by molar-refractivity contribution is 9.10. The second-order valence-electron chi connectivity index (χ2n) is 5.32. The lowest BCUT2D eigenvalue weighted by atomic mass is 10.0. The van der Waals surface area contributed by atoms with Gasteiger partial charge in [-0.25, -0.2) is 0 Å². The van der Waals surface area contributed by atoms with Gasteiger partial charge < -0.3 is 4.57 Å². The second-order valence-corrected chi connectivity index (χ2v) is 6.23. The fraction of sp³-hybridized carbons (Fsp3) is 0.167. The maximum atomic E-state index is 12.6.